The van der Waals surface area contributed by atoms with Gasteiger partial charge in [-0.15, -0.1) is 0 Å². The number of nitrogens with zero attached hydrogens (tertiary/aromatic N) is 1. The van der Waals surface area contributed by atoms with Crippen LogP contribution in [0.1, 0.15) is 31.2 Å². The van der Waals surface area contributed by atoms with Crippen LogP contribution in [0.4, 0.5) is 10.1 Å². The van der Waals surface area contributed by atoms with Gasteiger partial charge in [0.15, 0.2) is 0 Å². The molecule has 1 aliphatic rings. The maximum atomic E-state index is 13.2. The molecule has 0 aromatic heterocycles. The van der Waals surface area contributed by atoms with Crippen molar-refractivity contribution in [2.24, 2.45) is 0 Å². The zero-order chi connectivity index (χ0) is 20.4. The van der Waals surface area contributed by atoms with Gasteiger partial charge in [0, 0.05) is 18.8 Å². The van der Waals surface area contributed by atoms with Gasteiger partial charge in [0.05, 0.1) is 9.79 Å². The smallest absolute Gasteiger partial charge is 0.262 e. The summed E-state index contributed by atoms with van der Waals surface area (Å²) in [5, 5.41) is 0. The number of sulfonamides is 2. The Morgan fingerprint density at radius 1 is 0.893 bits per heavy atom. The van der Waals surface area contributed by atoms with Crippen molar-refractivity contribution in [2.75, 3.05) is 17.8 Å². The summed E-state index contributed by atoms with van der Waals surface area (Å²) < 4.78 is 67.8. The van der Waals surface area contributed by atoms with Crippen LogP contribution in [-0.2, 0) is 20.0 Å². The minimum Gasteiger partial charge on any atom is -0.280 e. The molecule has 0 bridgehead atoms. The summed E-state index contributed by atoms with van der Waals surface area (Å²) in [5.74, 6) is -0.514. The Kier molecular flexibility index (Phi) is 6.07. The van der Waals surface area contributed by atoms with Gasteiger partial charge in [0.25, 0.3) is 10.0 Å². The van der Waals surface area contributed by atoms with Crippen LogP contribution in [0, 0.1) is 12.7 Å². The van der Waals surface area contributed by atoms with Crippen LogP contribution < -0.4 is 4.72 Å². The number of rotatable bonds is 5. The van der Waals surface area contributed by atoms with Gasteiger partial charge in [0.1, 0.15) is 5.82 Å². The fourth-order valence-electron chi connectivity index (χ4n) is 3.25. The Balaban J connectivity index is 1.80. The van der Waals surface area contributed by atoms with Crippen molar-refractivity contribution in [3.63, 3.8) is 0 Å². The first-order valence-corrected chi connectivity index (χ1v) is 12.0. The lowest BCUT2D eigenvalue weighted by Crippen LogP contribution is -2.31. The molecular weight excluding hydrogens is 403 g/mol. The predicted octanol–water partition coefficient (Wildman–Crippen LogP) is 3.50. The Bertz CT molecular complexity index is 1040. The van der Waals surface area contributed by atoms with Crippen LogP contribution in [0.5, 0.6) is 0 Å². The summed E-state index contributed by atoms with van der Waals surface area (Å²) in [7, 11) is -7.51. The first-order chi connectivity index (χ1) is 13.2. The monoisotopic (exact) mass is 426 g/mol. The van der Waals surface area contributed by atoms with Gasteiger partial charge < -0.3 is 0 Å². The van der Waals surface area contributed by atoms with E-state index in [2.05, 4.69) is 4.72 Å². The number of benzene rings is 2. The van der Waals surface area contributed by atoms with Crippen molar-refractivity contribution in [3.8, 4) is 0 Å². The second-order valence-corrected chi connectivity index (χ2v) is 10.4. The third-order valence-corrected chi connectivity index (χ3v) is 8.19. The van der Waals surface area contributed by atoms with Crippen molar-refractivity contribution in [2.45, 2.75) is 42.4 Å². The molecule has 0 unspecified atom stereocenters. The van der Waals surface area contributed by atoms with E-state index in [0.29, 0.717) is 13.1 Å². The molecule has 0 radical (unpaired) electrons. The minimum atomic E-state index is -3.91. The summed E-state index contributed by atoms with van der Waals surface area (Å²) in [6.07, 6.45) is 3.73. The zero-order valence-electron chi connectivity index (χ0n) is 15.6. The van der Waals surface area contributed by atoms with Gasteiger partial charge in [-0.05, 0) is 67.8 Å². The van der Waals surface area contributed by atoms with Gasteiger partial charge >= 0.3 is 0 Å². The number of aryl methyl sites for hydroxylation is 1. The van der Waals surface area contributed by atoms with Crippen LogP contribution in [0.25, 0.3) is 0 Å². The lowest BCUT2D eigenvalue weighted by Gasteiger charge is -2.20. The molecule has 0 spiro atoms. The molecule has 28 heavy (non-hydrogen) atoms. The molecule has 1 heterocycles. The van der Waals surface area contributed by atoms with Crippen LogP contribution in [0.2, 0.25) is 0 Å². The Labute approximate surface area is 165 Å². The number of hydrogen-bond acceptors (Lipinski definition) is 4. The van der Waals surface area contributed by atoms with Crippen LogP contribution >= 0.6 is 0 Å². The summed E-state index contributed by atoms with van der Waals surface area (Å²) in [6.45, 7) is 2.51. The molecular formula is C19H23FN2O4S2. The fourth-order valence-corrected chi connectivity index (χ4v) is 6.05. The topological polar surface area (TPSA) is 83.5 Å². The Morgan fingerprint density at radius 3 is 2.07 bits per heavy atom. The molecule has 6 nitrogen and oxygen atoms in total. The van der Waals surface area contributed by atoms with Crippen molar-refractivity contribution >= 4 is 25.7 Å². The second-order valence-electron chi connectivity index (χ2n) is 6.86. The molecule has 2 aromatic rings. The van der Waals surface area contributed by atoms with Crippen LogP contribution in [-0.4, -0.2) is 34.2 Å². The molecule has 1 N–H and O–H groups in total. The van der Waals surface area contributed by atoms with E-state index in [9.17, 15) is 21.2 Å². The highest BCUT2D eigenvalue weighted by Gasteiger charge is 2.25. The van der Waals surface area contributed by atoms with Crippen molar-refractivity contribution in [1.82, 2.24) is 4.31 Å². The summed E-state index contributed by atoms with van der Waals surface area (Å²) in [4.78, 5) is 0.102. The van der Waals surface area contributed by atoms with Gasteiger partial charge in [0.2, 0.25) is 10.0 Å². The van der Waals surface area contributed by atoms with E-state index in [1.165, 1.54) is 41.6 Å². The van der Waals surface area contributed by atoms with Crippen LogP contribution in [0.3, 0.4) is 0 Å². The van der Waals surface area contributed by atoms with Crippen molar-refractivity contribution in [1.29, 1.82) is 0 Å². The minimum absolute atomic E-state index is 0.0323. The lowest BCUT2D eigenvalue weighted by atomic mass is 10.2. The number of hydrogen-bond donors (Lipinski definition) is 1. The molecule has 0 amide bonds. The van der Waals surface area contributed by atoms with Gasteiger partial charge in [-0.1, -0.05) is 12.8 Å². The van der Waals surface area contributed by atoms with Crippen molar-refractivity contribution in [3.05, 3.63) is 53.8 Å². The highest BCUT2D eigenvalue weighted by molar-refractivity contribution is 7.92. The normalized spacial score (nSPS) is 16.5. The number of halogens is 1. The molecule has 1 saturated heterocycles. The summed E-state index contributed by atoms with van der Waals surface area (Å²) >= 11 is 0. The summed E-state index contributed by atoms with van der Waals surface area (Å²) in [6, 6.07) is 9.06. The molecule has 3 rings (SSSR count). The average molecular weight is 427 g/mol. The third kappa shape index (κ3) is 4.53. The van der Waals surface area contributed by atoms with E-state index in [4.69, 9.17) is 0 Å². The largest absolute Gasteiger partial charge is 0.280 e. The predicted molar refractivity (Wildman–Crippen MR) is 106 cm³/mol. The average Bonchev–Trinajstić information content (AvgIpc) is 2.91. The van der Waals surface area contributed by atoms with Crippen LogP contribution in [0.15, 0.2) is 52.3 Å². The lowest BCUT2D eigenvalue weighted by molar-refractivity contribution is 0.424. The molecule has 152 valence electrons. The van der Waals surface area contributed by atoms with Gasteiger partial charge in [-0.2, -0.15) is 4.31 Å². The SMILES string of the molecule is Cc1cc(F)ccc1S(=O)(=O)Nc1ccc(S(=O)(=O)N2CCCCCC2)cc1. The highest BCUT2D eigenvalue weighted by atomic mass is 32.2. The van der Waals surface area contributed by atoms with E-state index < -0.39 is 25.9 Å². The molecule has 9 heteroatoms. The maximum Gasteiger partial charge on any atom is 0.262 e. The molecule has 1 fully saturated rings. The molecule has 0 saturated carbocycles. The number of anilines is 1. The van der Waals surface area contributed by atoms with Crippen molar-refractivity contribution < 1.29 is 21.2 Å². The number of nitrogens with one attached hydrogen (secondary N) is 1. The van der Waals surface area contributed by atoms with E-state index in [1.807, 2.05) is 0 Å². The second kappa shape index (κ2) is 8.18. The van der Waals surface area contributed by atoms with E-state index in [0.717, 1.165) is 37.8 Å². The van der Waals surface area contributed by atoms with Gasteiger partial charge in [-0.25, -0.2) is 21.2 Å². The third-order valence-electron chi connectivity index (χ3n) is 4.74. The first kappa shape index (κ1) is 20.8. The molecule has 1 aliphatic heterocycles. The quantitative estimate of drug-likeness (QED) is 0.793. The molecule has 0 aliphatic carbocycles. The maximum absolute atomic E-state index is 13.2. The summed E-state index contributed by atoms with van der Waals surface area (Å²) in [5.41, 5.74) is 0.520. The zero-order valence-corrected chi connectivity index (χ0v) is 17.2. The Hall–Kier alpha value is -1.97. The fraction of sp³-hybridized carbons (Fsp3) is 0.368. The van der Waals surface area contributed by atoms with E-state index in [1.54, 1.807) is 0 Å². The first-order valence-electron chi connectivity index (χ1n) is 9.09. The Morgan fingerprint density at radius 2 is 1.50 bits per heavy atom. The molecule has 2 aromatic carbocycles. The van der Waals surface area contributed by atoms with E-state index in [-0.39, 0.29) is 21.0 Å². The standard InChI is InChI=1S/C19H23FN2O4S2/c1-15-14-16(20)6-11-19(15)27(23,24)21-17-7-9-18(10-8-17)28(25,26)22-12-4-2-3-5-13-22/h6-11,14,21H,2-5,12-13H2,1H3. The molecule has 0 atom stereocenters. The van der Waals surface area contributed by atoms with Gasteiger partial charge in [-0.3, -0.25) is 4.72 Å². The van der Waals surface area contributed by atoms with E-state index >= 15 is 0 Å². The highest BCUT2D eigenvalue weighted by Crippen LogP contribution is 2.24.